The first-order valence-corrected chi connectivity index (χ1v) is 7.51. The summed E-state index contributed by atoms with van der Waals surface area (Å²) in [5.41, 5.74) is 6.89. The molecule has 1 heterocycles. The van der Waals surface area contributed by atoms with E-state index in [1.54, 1.807) is 0 Å². The summed E-state index contributed by atoms with van der Waals surface area (Å²) in [6.07, 6.45) is 5.33. The van der Waals surface area contributed by atoms with Gasteiger partial charge in [-0.2, -0.15) is 0 Å². The summed E-state index contributed by atoms with van der Waals surface area (Å²) in [7, 11) is 0. The van der Waals surface area contributed by atoms with Crippen molar-refractivity contribution in [3.05, 3.63) is 58.0 Å². The molecule has 0 saturated carbocycles. The van der Waals surface area contributed by atoms with Gasteiger partial charge in [0.1, 0.15) is 5.76 Å². The van der Waals surface area contributed by atoms with Gasteiger partial charge in [0.05, 0.1) is 6.26 Å². The van der Waals surface area contributed by atoms with Crippen LogP contribution in [0, 0.1) is 20.8 Å². The van der Waals surface area contributed by atoms with Crippen molar-refractivity contribution in [3.8, 4) is 0 Å². The molecule has 1 aliphatic rings. The molecule has 0 aliphatic heterocycles. The van der Waals surface area contributed by atoms with E-state index < -0.39 is 0 Å². The van der Waals surface area contributed by atoms with E-state index in [9.17, 15) is 0 Å². The first-order valence-electron chi connectivity index (χ1n) is 7.51. The molecule has 2 heteroatoms. The Labute approximate surface area is 121 Å². The Kier molecular flexibility index (Phi) is 3.66. The number of furan rings is 1. The number of nitrogens with one attached hydrogen (secondary N) is 1. The summed E-state index contributed by atoms with van der Waals surface area (Å²) in [5.74, 6) is 1.17. The zero-order valence-electron chi connectivity index (χ0n) is 12.6. The minimum absolute atomic E-state index is 0.443. The molecule has 1 aromatic heterocycles. The highest BCUT2D eigenvalue weighted by atomic mass is 16.3. The minimum Gasteiger partial charge on any atom is -0.469 e. The zero-order valence-corrected chi connectivity index (χ0v) is 12.6. The van der Waals surface area contributed by atoms with Crippen LogP contribution in [0.25, 0.3) is 0 Å². The maximum absolute atomic E-state index is 5.56. The molecule has 1 aromatic carbocycles. The van der Waals surface area contributed by atoms with E-state index in [4.69, 9.17) is 4.42 Å². The van der Waals surface area contributed by atoms with Crippen molar-refractivity contribution in [1.82, 2.24) is 5.32 Å². The molecule has 1 aliphatic carbocycles. The van der Waals surface area contributed by atoms with Gasteiger partial charge in [0, 0.05) is 24.6 Å². The fraction of sp³-hybridized carbons (Fsp3) is 0.444. The summed E-state index contributed by atoms with van der Waals surface area (Å²) in [4.78, 5) is 0. The Bertz CT molecular complexity index is 612. The Morgan fingerprint density at radius 1 is 1.15 bits per heavy atom. The molecule has 0 spiro atoms. The van der Waals surface area contributed by atoms with Gasteiger partial charge >= 0.3 is 0 Å². The Balaban J connectivity index is 1.74. The van der Waals surface area contributed by atoms with Crippen LogP contribution in [0.1, 0.15) is 52.5 Å². The van der Waals surface area contributed by atoms with Gasteiger partial charge in [-0.25, -0.2) is 0 Å². The predicted molar refractivity (Wildman–Crippen MR) is 81.9 cm³/mol. The van der Waals surface area contributed by atoms with Crippen LogP contribution in [-0.4, -0.2) is 0 Å². The van der Waals surface area contributed by atoms with Crippen molar-refractivity contribution in [1.29, 1.82) is 0 Å². The van der Waals surface area contributed by atoms with E-state index in [1.807, 2.05) is 6.26 Å². The number of fused-ring (bicyclic) bond motifs is 1. The summed E-state index contributed by atoms with van der Waals surface area (Å²) in [6.45, 7) is 7.50. The van der Waals surface area contributed by atoms with Gasteiger partial charge in [-0.3, -0.25) is 0 Å². The first kappa shape index (κ1) is 13.4. The third-order valence-electron chi connectivity index (χ3n) is 4.54. The monoisotopic (exact) mass is 269 g/mol. The lowest BCUT2D eigenvalue weighted by atomic mass is 9.93. The van der Waals surface area contributed by atoms with Gasteiger partial charge < -0.3 is 9.73 Å². The van der Waals surface area contributed by atoms with Crippen molar-refractivity contribution in [2.24, 2.45) is 0 Å². The molecule has 0 saturated heterocycles. The summed E-state index contributed by atoms with van der Waals surface area (Å²) < 4.78 is 5.56. The number of rotatable bonds is 3. The largest absolute Gasteiger partial charge is 0.469 e. The van der Waals surface area contributed by atoms with Crippen LogP contribution in [0.2, 0.25) is 0 Å². The maximum atomic E-state index is 5.56. The summed E-state index contributed by atoms with van der Waals surface area (Å²) >= 11 is 0. The number of aryl methyl sites for hydroxylation is 4. The normalized spacial score (nSPS) is 18.1. The van der Waals surface area contributed by atoms with Crippen molar-refractivity contribution in [2.75, 3.05) is 0 Å². The lowest BCUT2D eigenvalue weighted by Gasteiger charge is -2.23. The molecule has 2 nitrogen and oxygen atoms in total. The molecular formula is C18H23NO. The summed E-state index contributed by atoms with van der Waals surface area (Å²) in [5, 5.41) is 3.71. The van der Waals surface area contributed by atoms with Gasteiger partial charge in [-0.05, 0) is 61.9 Å². The standard InChI is InChI=1S/C18H23NO/c1-12-9-14(3)15(10-13(12)2)11-19-17-5-4-6-18-16(17)7-8-20-18/h7-10,17,19H,4-6,11H2,1-3H3. The Morgan fingerprint density at radius 3 is 2.80 bits per heavy atom. The van der Waals surface area contributed by atoms with E-state index in [0.29, 0.717) is 6.04 Å². The third-order valence-corrected chi connectivity index (χ3v) is 4.54. The van der Waals surface area contributed by atoms with Crippen molar-refractivity contribution < 1.29 is 4.42 Å². The van der Waals surface area contributed by atoms with Crippen LogP contribution in [0.15, 0.2) is 28.9 Å². The van der Waals surface area contributed by atoms with Crippen LogP contribution in [0.4, 0.5) is 0 Å². The van der Waals surface area contributed by atoms with Gasteiger partial charge in [0.25, 0.3) is 0 Å². The zero-order chi connectivity index (χ0) is 14.1. The maximum Gasteiger partial charge on any atom is 0.108 e. The second-order valence-electron chi connectivity index (χ2n) is 5.99. The van der Waals surface area contributed by atoms with Crippen molar-refractivity contribution >= 4 is 0 Å². The SMILES string of the molecule is Cc1cc(C)c(CNC2CCCc3occc32)cc1C. The number of benzene rings is 1. The quantitative estimate of drug-likeness (QED) is 0.895. The highest BCUT2D eigenvalue weighted by Gasteiger charge is 2.22. The van der Waals surface area contributed by atoms with Gasteiger partial charge in [-0.15, -0.1) is 0 Å². The molecule has 106 valence electrons. The van der Waals surface area contributed by atoms with Crippen molar-refractivity contribution in [2.45, 2.75) is 52.6 Å². The van der Waals surface area contributed by atoms with E-state index in [2.05, 4.69) is 44.3 Å². The van der Waals surface area contributed by atoms with Crippen LogP contribution in [0.3, 0.4) is 0 Å². The van der Waals surface area contributed by atoms with E-state index in [-0.39, 0.29) is 0 Å². The topological polar surface area (TPSA) is 25.2 Å². The molecule has 2 aromatic rings. The lowest BCUT2D eigenvalue weighted by molar-refractivity contribution is 0.410. The molecule has 3 rings (SSSR count). The number of hydrogen-bond acceptors (Lipinski definition) is 2. The Morgan fingerprint density at radius 2 is 1.95 bits per heavy atom. The molecular weight excluding hydrogens is 246 g/mol. The third kappa shape index (κ3) is 2.53. The summed E-state index contributed by atoms with van der Waals surface area (Å²) in [6, 6.07) is 7.17. The van der Waals surface area contributed by atoms with E-state index in [1.165, 1.54) is 46.4 Å². The van der Waals surface area contributed by atoms with Gasteiger partial charge in [-0.1, -0.05) is 12.1 Å². The smallest absolute Gasteiger partial charge is 0.108 e. The molecule has 0 fully saturated rings. The fourth-order valence-electron chi connectivity index (χ4n) is 3.14. The van der Waals surface area contributed by atoms with Crippen LogP contribution < -0.4 is 5.32 Å². The first-order chi connectivity index (χ1) is 9.65. The molecule has 1 unspecified atom stereocenters. The van der Waals surface area contributed by atoms with Gasteiger partial charge in [0.15, 0.2) is 0 Å². The second-order valence-corrected chi connectivity index (χ2v) is 5.99. The van der Waals surface area contributed by atoms with Crippen LogP contribution >= 0.6 is 0 Å². The second kappa shape index (κ2) is 5.45. The highest BCUT2D eigenvalue weighted by Crippen LogP contribution is 2.30. The number of hydrogen-bond donors (Lipinski definition) is 1. The van der Waals surface area contributed by atoms with Crippen LogP contribution in [0.5, 0.6) is 0 Å². The molecule has 0 radical (unpaired) electrons. The molecule has 1 N–H and O–H groups in total. The molecule has 0 bridgehead atoms. The van der Waals surface area contributed by atoms with E-state index >= 15 is 0 Å². The Hall–Kier alpha value is -1.54. The average Bonchev–Trinajstić information content (AvgIpc) is 2.90. The molecule has 20 heavy (non-hydrogen) atoms. The van der Waals surface area contributed by atoms with E-state index in [0.717, 1.165) is 13.0 Å². The molecule has 0 amide bonds. The molecule has 1 atom stereocenters. The highest BCUT2D eigenvalue weighted by molar-refractivity contribution is 5.36. The fourth-order valence-corrected chi connectivity index (χ4v) is 3.14. The lowest BCUT2D eigenvalue weighted by Crippen LogP contribution is -2.24. The van der Waals surface area contributed by atoms with Crippen molar-refractivity contribution in [3.63, 3.8) is 0 Å². The van der Waals surface area contributed by atoms with Gasteiger partial charge in [0.2, 0.25) is 0 Å². The van der Waals surface area contributed by atoms with Crippen LogP contribution in [-0.2, 0) is 13.0 Å². The minimum atomic E-state index is 0.443. The average molecular weight is 269 g/mol. The predicted octanol–water partition coefficient (Wildman–Crippen LogP) is 4.37.